The molecule has 3 aromatic rings. The monoisotopic (exact) mass is 494 g/mol. The maximum absolute atomic E-state index is 11.0. The van der Waals surface area contributed by atoms with Gasteiger partial charge in [0.25, 0.3) is 0 Å². The SMILES string of the molecule is O=C(O)/C=C/c1ccc(C(=C2C3CC4CC(C3)CC2C4)c2ccc3c(cnn3C3CCCCO3)c2)cc1. The number of nitrogens with zero attached hydrogens (tertiary/aromatic N) is 2. The lowest BCUT2D eigenvalue weighted by Gasteiger charge is -2.52. The molecule has 1 aromatic heterocycles. The Morgan fingerprint density at radius 3 is 2.35 bits per heavy atom. The number of allylic oxidation sites excluding steroid dienone is 1. The topological polar surface area (TPSA) is 64.3 Å². The van der Waals surface area contributed by atoms with Crippen LogP contribution in [-0.2, 0) is 9.53 Å². The first-order chi connectivity index (χ1) is 18.1. The first-order valence-corrected chi connectivity index (χ1v) is 14.0. The molecule has 1 unspecified atom stereocenters. The van der Waals surface area contributed by atoms with Gasteiger partial charge in [-0.05, 0) is 116 Å². The van der Waals surface area contributed by atoms with Gasteiger partial charge in [0.1, 0.15) is 0 Å². The van der Waals surface area contributed by atoms with Crippen LogP contribution in [0.2, 0.25) is 0 Å². The molecule has 0 amide bonds. The van der Waals surface area contributed by atoms with E-state index in [9.17, 15) is 4.79 Å². The summed E-state index contributed by atoms with van der Waals surface area (Å²) in [5.41, 5.74) is 7.61. The summed E-state index contributed by atoms with van der Waals surface area (Å²) in [5.74, 6) is 2.27. The minimum absolute atomic E-state index is 0.0331. The van der Waals surface area contributed by atoms with Crippen LogP contribution in [0.5, 0.6) is 0 Å². The number of aromatic nitrogens is 2. The van der Waals surface area contributed by atoms with Crippen LogP contribution >= 0.6 is 0 Å². The maximum atomic E-state index is 11.0. The van der Waals surface area contributed by atoms with Crippen molar-refractivity contribution in [3.8, 4) is 0 Å². The van der Waals surface area contributed by atoms with E-state index in [-0.39, 0.29) is 6.23 Å². The van der Waals surface area contributed by atoms with Gasteiger partial charge in [0, 0.05) is 18.1 Å². The molecule has 0 spiro atoms. The van der Waals surface area contributed by atoms with Gasteiger partial charge in [0.05, 0.1) is 11.7 Å². The van der Waals surface area contributed by atoms with E-state index in [0.717, 1.165) is 47.8 Å². The number of ether oxygens (including phenoxy) is 1. The van der Waals surface area contributed by atoms with Crippen molar-refractivity contribution in [3.63, 3.8) is 0 Å². The molecule has 5 heteroatoms. The predicted octanol–water partition coefficient (Wildman–Crippen LogP) is 7.09. The van der Waals surface area contributed by atoms with Gasteiger partial charge < -0.3 is 9.84 Å². The highest BCUT2D eigenvalue weighted by Crippen LogP contribution is 2.58. The third kappa shape index (κ3) is 4.23. The van der Waals surface area contributed by atoms with E-state index >= 15 is 0 Å². The largest absolute Gasteiger partial charge is 0.478 e. The zero-order valence-electron chi connectivity index (χ0n) is 21.2. The molecule has 2 aromatic carbocycles. The molecule has 1 aliphatic heterocycles. The Bertz CT molecular complexity index is 1360. The summed E-state index contributed by atoms with van der Waals surface area (Å²) in [5, 5.41) is 14.9. The molecule has 2 heterocycles. The van der Waals surface area contributed by atoms with Gasteiger partial charge >= 0.3 is 5.97 Å². The number of fused-ring (bicyclic) bond motifs is 1. The van der Waals surface area contributed by atoms with Crippen molar-refractivity contribution in [1.29, 1.82) is 0 Å². The summed E-state index contributed by atoms with van der Waals surface area (Å²) in [4.78, 5) is 11.0. The lowest BCUT2D eigenvalue weighted by Crippen LogP contribution is -2.40. The van der Waals surface area contributed by atoms with Crippen molar-refractivity contribution in [3.05, 3.63) is 77.0 Å². The van der Waals surface area contributed by atoms with Crippen LogP contribution in [0.1, 0.15) is 74.3 Å². The van der Waals surface area contributed by atoms with Crippen LogP contribution in [0.3, 0.4) is 0 Å². The molecule has 1 N–H and O–H groups in total. The number of carboxylic acid groups (broad SMARTS) is 1. The van der Waals surface area contributed by atoms with Crippen LogP contribution in [-0.4, -0.2) is 27.5 Å². The second-order valence-electron chi connectivity index (χ2n) is 11.6. The van der Waals surface area contributed by atoms with Crippen LogP contribution in [0.15, 0.2) is 60.3 Å². The van der Waals surface area contributed by atoms with Gasteiger partial charge in [-0.25, -0.2) is 9.48 Å². The standard InChI is InChI=1S/C32H34N2O3/c35-30(36)11-6-20-4-7-23(8-5-20)31(32-25-14-21-13-22(16-25)17-26(32)15-21)24-9-10-28-27(18-24)19-33-34(28)29-3-1-2-12-37-29/h4-11,18-19,21-22,25-26,29H,1-3,12-17H2,(H,35,36)/b11-6+,32-31?. The highest BCUT2D eigenvalue weighted by Gasteiger charge is 2.46. The molecule has 0 radical (unpaired) electrons. The molecule has 8 rings (SSSR count). The summed E-state index contributed by atoms with van der Waals surface area (Å²) in [7, 11) is 0. The lowest BCUT2D eigenvalue weighted by atomic mass is 9.53. The number of aliphatic carboxylic acids is 1. The molecule has 5 nitrogen and oxygen atoms in total. The quantitative estimate of drug-likeness (QED) is 0.385. The average Bonchev–Trinajstić information content (AvgIpc) is 3.33. The number of carbonyl (C=O) groups is 1. The Labute approximate surface area is 217 Å². The van der Waals surface area contributed by atoms with E-state index in [1.165, 1.54) is 61.3 Å². The van der Waals surface area contributed by atoms with Gasteiger partial charge in [-0.15, -0.1) is 0 Å². The molecule has 37 heavy (non-hydrogen) atoms. The molecule has 1 atom stereocenters. The molecular formula is C32H34N2O3. The summed E-state index contributed by atoms with van der Waals surface area (Å²) in [6, 6.07) is 15.3. The van der Waals surface area contributed by atoms with E-state index in [1.54, 1.807) is 11.6 Å². The fourth-order valence-electron chi connectivity index (χ4n) is 7.88. The van der Waals surface area contributed by atoms with Crippen molar-refractivity contribution in [2.24, 2.45) is 23.7 Å². The highest BCUT2D eigenvalue weighted by molar-refractivity contribution is 5.90. The van der Waals surface area contributed by atoms with E-state index < -0.39 is 5.97 Å². The minimum Gasteiger partial charge on any atom is -0.478 e. The van der Waals surface area contributed by atoms with Gasteiger partial charge in [-0.1, -0.05) is 35.9 Å². The fourth-order valence-corrected chi connectivity index (χ4v) is 7.88. The Morgan fingerprint density at radius 2 is 1.68 bits per heavy atom. The normalized spacial score (nSPS) is 28.9. The van der Waals surface area contributed by atoms with Gasteiger partial charge in [0.2, 0.25) is 0 Å². The summed E-state index contributed by atoms with van der Waals surface area (Å²) < 4.78 is 8.10. The Morgan fingerprint density at radius 1 is 0.946 bits per heavy atom. The first kappa shape index (κ1) is 23.0. The molecule has 5 fully saturated rings. The van der Waals surface area contributed by atoms with Gasteiger partial charge in [-0.3, -0.25) is 0 Å². The zero-order valence-corrected chi connectivity index (χ0v) is 21.2. The van der Waals surface area contributed by atoms with Crippen LogP contribution in [0.25, 0.3) is 22.6 Å². The van der Waals surface area contributed by atoms with Crippen molar-refractivity contribution in [2.75, 3.05) is 6.61 Å². The van der Waals surface area contributed by atoms with E-state index in [4.69, 9.17) is 14.9 Å². The highest BCUT2D eigenvalue weighted by atomic mass is 16.5. The third-order valence-electron chi connectivity index (χ3n) is 9.24. The number of hydrogen-bond acceptors (Lipinski definition) is 3. The predicted molar refractivity (Wildman–Crippen MR) is 145 cm³/mol. The average molecular weight is 495 g/mol. The zero-order chi connectivity index (χ0) is 24.9. The van der Waals surface area contributed by atoms with Crippen molar-refractivity contribution in [2.45, 2.75) is 57.6 Å². The van der Waals surface area contributed by atoms with Crippen LogP contribution in [0, 0.1) is 23.7 Å². The van der Waals surface area contributed by atoms with E-state index in [0.29, 0.717) is 11.8 Å². The Kier molecular flexibility index (Phi) is 5.77. The number of rotatable bonds is 5. The van der Waals surface area contributed by atoms with Crippen LogP contribution < -0.4 is 0 Å². The number of hydrogen-bond donors (Lipinski definition) is 1. The Balaban J connectivity index is 1.32. The van der Waals surface area contributed by atoms with E-state index in [1.807, 2.05) is 18.3 Å². The van der Waals surface area contributed by atoms with Crippen molar-refractivity contribution < 1.29 is 14.6 Å². The molecule has 4 bridgehead atoms. The van der Waals surface area contributed by atoms with Crippen LogP contribution in [0.4, 0.5) is 0 Å². The molecule has 4 aliphatic carbocycles. The van der Waals surface area contributed by atoms with Gasteiger partial charge in [0.15, 0.2) is 6.23 Å². The smallest absolute Gasteiger partial charge is 0.328 e. The molecule has 1 saturated heterocycles. The summed E-state index contributed by atoms with van der Waals surface area (Å²) in [6.07, 6.45) is 15.0. The van der Waals surface area contributed by atoms with E-state index in [2.05, 4.69) is 35.0 Å². The maximum Gasteiger partial charge on any atom is 0.328 e. The summed E-state index contributed by atoms with van der Waals surface area (Å²) in [6.45, 7) is 0.808. The second-order valence-corrected chi connectivity index (χ2v) is 11.6. The molecular weight excluding hydrogens is 460 g/mol. The lowest BCUT2D eigenvalue weighted by molar-refractivity contribution is -0.131. The second kappa shape index (κ2) is 9.29. The molecule has 5 aliphatic rings. The van der Waals surface area contributed by atoms with Gasteiger partial charge in [-0.2, -0.15) is 5.10 Å². The van der Waals surface area contributed by atoms with Crippen molar-refractivity contribution >= 4 is 28.5 Å². The molecule has 4 saturated carbocycles. The first-order valence-electron chi connectivity index (χ1n) is 14.0. The number of carboxylic acids is 1. The van der Waals surface area contributed by atoms with Crippen molar-refractivity contribution in [1.82, 2.24) is 9.78 Å². The Hall–Kier alpha value is -3.18. The third-order valence-corrected chi connectivity index (χ3v) is 9.24. The summed E-state index contributed by atoms with van der Waals surface area (Å²) >= 11 is 0. The molecule has 190 valence electrons. The number of benzene rings is 2. The fraction of sp³-hybridized carbons (Fsp3) is 0.438. The minimum atomic E-state index is -0.923.